The molecule has 8 heteroatoms. The molecule has 0 unspecified atom stereocenters. The zero-order valence-electron chi connectivity index (χ0n) is 13.9. The summed E-state index contributed by atoms with van der Waals surface area (Å²) in [7, 11) is 0. The maximum atomic E-state index is 12.7. The van der Waals surface area contributed by atoms with Gasteiger partial charge in [0.25, 0.3) is 5.56 Å². The van der Waals surface area contributed by atoms with Crippen LogP contribution in [0, 0.1) is 6.92 Å². The number of hydrogen-bond acceptors (Lipinski definition) is 5. The summed E-state index contributed by atoms with van der Waals surface area (Å²) >= 11 is 12.3. The van der Waals surface area contributed by atoms with Crippen LogP contribution in [0.3, 0.4) is 0 Å². The molecule has 134 valence electrons. The smallest absolute Gasteiger partial charge is 0.260 e. The quantitative estimate of drug-likeness (QED) is 0.849. The lowest BCUT2D eigenvalue weighted by atomic mass is 9.89. The lowest BCUT2D eigenvalue weighted by Gasteiger charge is -2.38. The first-order chi connectivity index (χ1) is 11.8. The van der Waals surface area contributed by atoms with Crippen LogP contribution >= 0.6 is 23.2 Å². The lowest BCUT2D eigenvalue weighted by Crippen LogP contribution is -2.53. The molecule has 1 aliphatic heterocycles. The Morgan fingerprint density at radius 2 is 2.00 bits per heavy atom. The van der Waals surface area contributed by atoms with Gasteiger partial charge in [-0.25, -0.2) is 4.98 Å². The second-order valence-electron chi connectivity index (χ2n) is 6.42. The molecule has 0 spiro atoms. The number of piperidine rings is 1. The Bertz CT molecular complexity index is 845. The van der Waals surface area contributed by atoms with E-state index in [4.69, 9.17) is 28.9 Å². The fourth-order valence-electron chi connectivity index (χ4n) is 3.04. The number of aromatic nitrogens is 2. The number of aryl methyl sites for hydroxylation is 1. The third-order valence-corrected chi connectivity index (χ3v) is 5.45. The van der Waals surface area contributed by atoms with Crippen molar-refractivity contribution in [3.8, 4) is 5.69 Å². The molecule has 1 saturated heterocycles. The maximum Gasteiger partial charge on any atom is 0.260 e. The second kappa shape index (κ2) is 6.96. The molecule has 1 aliphatic rings. The van der Waals surface area contributed by atoms with E-state index in [2.05, 4.69) is 4.98 Å². The van der Waals surface area contributed by atoms with Crippen molar-refractivity contribution in [1.29, 1.82) is 0 Å². The van der Waals surface area contributed by atoms with Gasteiger partial charge in [0.15, 0.2) is 0 Å². The predicted octanol–water partition coefficient (Wildman–Crippen LogP) is 2.14. The van der Waals surface area contributed by atoms with E-state index in [1.165, 1.54) is 10.6 Å². The van der Waals surface area contributed by atoms with E-state index >= 15 is 0 Å². The van der Waals surface area contributed by atoms with Gasteiger partial charge in [0.2, 0.25) is 0 Å². The molecule has 2 aromatic rings. The largest absolute Gasteiger partial charge is 0.394 e. The van der Waals surface area contributed by atoms with Crippen molar-refractivity contribution < 1.29 is 5.11 Å². The van der Waals surface area contributed by atoms with Crippen LogP contribution in [0.4, 0.5) is 5.82 Å². The zero-order chi connectivity index (χ0) is 18.2. The van der Waals surface area contributed by atoms with Crippen molar-refractivity contribution in [1.82, 2.24) is 9.55 Å². The molecule has 0 aliphatic carbocycles. The summed E-state index contributed by atoms with van der Waals surface area (Å²) in [6.07, 6.45) is 1.29. The SMILES string of the molecule is Cc1nc(N2CCC(N)(CO)CC2)cc(=O)n1-c1cccc(Cl)c1Cl. The van der Waals surface area contributed by atoms with E-state index in [0.29, 0.717) is 53.3 Å². The highest BCUT2D eigenvalue weighted by molar-refractivity contribution is 6.43. The van der Waals surface area contributed by atoms with Crippen LogP contribution in [0.25, 0.3) is 5.69 Å². The molecule has 0 atom stereocenters. The van der Waals surface area contributed by atoms with E-state index in [9.17, 15) is 9.90 Å². The molecule has 25 heavy (non-hydrogen) atoms. The van der Waals surface area contributed by atoms with Crippen LogP contribution in [0.1, 0.15) is 18.7 Å². The fraction of sp³-hybridized carbons (Fsp3) is 0.412. The van der Waals surface area contributed by atoms with Gasteiger partial charge in [-0.05, 0) is 31.9 Å². The molecule has 3 N–H and O–H groups in total. The first kappa shape index (κ1) is 18.2. The Morgan fingerprint density at radius 3 is 2.60 bits per heavy atom. The minimum absolute atomic E-state index is 0.0395. The number of aliphatic hydroxyl groups is 1. The van der Waals surface area contributed by atoms with Crippen LogP contribution in [0.2, 0.25) is 10.0 Å². The Morgan fingerprint density at radius 1 is 1.32 bits per heavy atom. The topological polar surface area (TPSA) is 84.4 Å². The van der Waals surface area contributed by atoms with Crippen LogP contribution < -0.4 is 16.2 Å². The van der Waals surface area contributed by atoms with Crippen molar-refractivity contribution in [3.05, 3.63) is 50.5 Å². The standard InChI is InChI=1S/C17H20Cl2N4O2/c1-11-21-14(22-7-5-17(20,10-24)6-8-22)9-15(25)23(11)13-4-2-3-12(18)16(13)19/h2-4,9,24H,5-8,10,20H2,1H3. The Labute approximate surface area is 155 Å². The summed E-state index contributed by atoms with van der Waals surface area (Å²) in [6, 6.07) is 6.63. The van der Waals surface area contributed by atoms with Crippen molar-refractivity contribution in [2.24, 2.45) is 5.73 Å². The monoisotopic (exact) mass is 382 g/mol. The number of nitrogens with two attached hydrogens (primary N) is 1. The summed E-state index contributed by atoms with van der Waals surface area (Å²) in [5, 5.41) is 10.1. The highest BCUT2D eigenvalue weighted by Crippen LogP contribution is 2.29. The van der Waals surface area contributed by atoms with E-state index in [-0.39, 0.29) is 12.2 Å². The molecule has 1 aromatic heterocycles. The van der Waals surface area contributed by atoms with Gasteiger partial charge in [0.1, 0.15) is 11.6 Å². The van der Waals surface area contributed by atoms with Crippen molar-refractivity contribution in [2.45, 2.75) is 25.3 Å². The van der Waals surface area contributed by atoms with Crippen LogP contribution in [-0.4, -0.2) is 39.9 Å². The Kier molecular flexibility index (Phi) is 5.06. The van der Waals surface area contributed by atoms with Crippen molar-refractivity contribution in [2.75, 3.05) is 24.6 Å². The summed E-state index contributed by atoms with van der Waals surface area (Å²) in [5.41, 5.74) is 5.84. The maximum absolute atomic E-state index is 12.7. The number of anilines is 1. The molecule has 0 amide bonds. The van der Waals surface area contributed by atoms with Gasteiger partial charge in [-0.1, -0.05) is 29.3 Å². The first-order valence-electron chi connectivity index (χ1n) is 8.04. The molecule has 0 bridgehead atoms. The van der Waals surface area contributed by atoms with E-state index in [1.54, 1.807) is 25.1 Å². The van der Waals surface area contributed by atoms with Gasteiger partial charge in [-0.15, -0.1) is 0 Å². The average molecular weight is 383 g/mol. The third kappa shape index (κ3) is 3.53. The molecular formula is C17H20Cl2N4O2. The molecule has 0 saturated carbocycles. The normalized spacial score (nSPS) is 16.9. The average Bonchev–Trinajstić information content (AvgIpc) is 2.58. The Balaban J connectivity index is 1.94. The first-order valence-corrected chi connectivity index (χ1v) is 8.80. The Hall–Kier alpha value is -1.60. The van der Waals surface area contributed by atoms with Crippen LogP contribution in [0.5, 0.6) is 0 Å². The fourth-order valence-corrected chi connectivity index (χ4v) is 3.42. The number of rotatable bonds is 3. The van der Waals surface area contributed by atoms with Crippen LogP contribution in [-0.2, 0) is 0 Å². The zero-order valence-corrected chi connectivity index (χ0v) is 15.4. The highest BCUT2D eigenvalue weighted by atomic mass is 35.5. The summed E-state index contributed by atoms with van der Waals surface area (Å²) in [5.74, 6) is 1.13. The van der Waals surface area contributed by atoms with E-state index in [0.717, 1.165) is 0 Å². The number of halogens is 2. The van der Waals surface area contributed by atoms with E-state index in [1.807, 2.05) is 4.90 Å². The number of benzene rings is 1. The molecule has 6 nitrogen and oxygen atoms in total. The number of nitrogens with zero attached hydrogens (tertiary/aromatic N) is 3. The molecule has 3 rings (SSSR count). The third-order valence-electron chi connectivity index (χ3n) is 4.64. The van der Waals surface area contributed by atoms with Gasteiger partial charge >= 0.3 is 0 Å². The number of aliphatic hydroxyl groups excluding tert-OH is 1. The summed E-state index contributed by atoms with van der Waals surface area (Å²) < 4.78 is 1.45. The second-order valence-corrected chi connectivity index (χ2v) is 7.20. The van der Waals surface area contributed by atoms with E-state index < -0.39 is 5.54 Å². The van der Waals surface area contributed by atoms with Crippen molar-refractivity contribution >= 4 is 29.0 Å². The molecule has 1 aromatic carbocycles. The van der Waals surface area contributed by atoms with Gasteiger partial charge in [-0.3, -0.25) is 9.36 Å². The molecule has 1 fully saturated rings. The molecular weight excluding hydrogens is 363 g/mol. The summed E-state index contributed by atoms with van der Waals surface area (Å²) in [4.78, 5) is 19.3. The number of hydrogen-bond donors (Lipinski definition) is 2. The van der Waals surface area contributed by atoms with Gasteiger partial charge in [0, 0.05) is 24.7 Å². The molecule has 0 radical (unpaired) electrons. The van der Waals surface area contributed by atoms with Gasteiger partial charge < -0.3 is 15.7 Å². The highest BCUT2D eigenvalue weighted by Gasteiger charge is 2.30. The minimum atomic E-state index is -0.547. The van der Waals surface area contributed by atoms with Gasteiger partial charge in [-0.2, -0.15) is 0 Å². The van der Waals surface area contributed by atoms with Gasteiger partial charge in [0.05, 0.1) is 22.3 Å². The predicted molar refractivity (Wildman–Crippen MR) is 100 cm³/mol. The summed E-state index contributed by atoms with van der Waals surface area (Å²) in [6.45, 7) is 3.00. The minimum Gasteiger partial charge on any atom is -0.394 e. The lowest BCUT2D eigenvalue weighted by molar-refractivity contribution is 0.170. The van der Waals surface area contributed by atoms with Crippen LogP contribution in [0.15, 0.2) is 29.1 Å². The molecule has 2 heterocycles. The van der Waals surface area contributed by atoms with Crippen molar-refractivity contribution in [3.63, 3.8) is 0 Å².